The molecule has 1 aliphatic rings. The van der Waals surface area contributed by atoms with Crippen LogP contribution in [-0.2, 0) is 22.6 Å². The molecule has 0 saturated carbocycles. The normalized spacial score (nSPS) is 15.4. The summed E-state index contributed by atoms with van der Waals surface area (Å²) in [6, 6.07) is 5.03. The molecule has 1 aromatic carbocycles. The molecule has 1 saturated heterocycles. The number of halogens is 2. The van der Waals surface area contributed by atoms with Crippen molar-refractivity contribution in [2.45, 2.75) is 20.1 Å². The Labute approximate surface area is 172 Å². The summed E-state index contributed by atoms with van der Waals surface area (Å²) in [5.41, 5.74) is 1.51. The van der Waals surface area contributed by atoms with Crippen LogP contribution in [0.3, 0.4) is 0 Å². The molecule has 0 bridgehead atoms. The molecule has 0 aliphatic carbocycles. The Morgan fingerprint density at radius 3 is 2.77 bits per heavy atom. The fourth-order valence-corrected chi connectivity index (χ4v) is 2.66. The number of methoxy groups -OCH3 is 1. The zero-order valence-electron chi connectivity index (χ0n) is 15.6. The fraction of sp³-hybridized carbons (Fsp3) is 0.611. The number of nitrogens with one attached hydrogen (secondary N) is 2. The molecule has 0 atom stereocenters. The smallest absolute Gasteiger partial charge is 0.191 e. The topological polar surface area (TPSA) is 58.1 Å². The van der Waals surface area contributed by atoms with Crippen molar-refractivity contribution in [3.8, 4) is 0 Å². The van der Waals surface area contributed by atoms with Gasteiger partial charge in [-0.2, -0.15) is 0 Å². The molecule has 0 amide bonds. The van der Waals surface area contributed by atoms with Crippen molar-refractivity contribution >= 4 is 29.9 Å². The molecule has 26 heavy (non-hydrogen) atoms. The summed E-state index contributed by atoms with van der Waals surface area (Å²) in [6.07, 6.45) is 0. The highest BCUT2D eigenvalue weighted by molar-refractivity contribution is 14.0. The molecule has 148 valence electrons. The van der Waals surface area contributed by atoms with Crippen molar-refractivity contribution in [1.29, 1.82) is 0 Å². The van der Waals surface area contributed by atoms with Gasteiger partial charge in [0.05, 0.1) is 26.4 Å². The first-order chi connectivity index (χ1) is 12.2. The summed E-state index contributed by atoms with van der Waals surface area (Å²) < 4.78 is 24.0. The molecule has 1 aromatic rings. The van der Waals surface area contributed by atoms with Crippen LogP contribution in [0.15, 0.2) is 23.2 Å². The number of morpholine rings is 1. The van der Waals surface area contributed by atoms with Crippen LogP contribution >= 0.6 is 24.0 Å². The first-order valence-electron chi connectivity index (χ1n) is 8.81. The lowest BCUT2D eigenvalue weighted by molar-refractivity contribution is 0.0389. The van der Waals surface area contributed by atoms with Gasteiger partial charge in [-0.1, -0.05) is 6.07 Å². The number of hydrogen-bond acceptors (Lipinski definition) is 4. The molecule has 0 radical (unpaired) electrons. The maximum Gasteiger partial charge on any atom is 0.191 e. The van der Waals surface area contributed by atoms with Crippen molar-refractivity contribution in [3.63, 3.8) is 0 Å². The predicted molar refractivity (Wildman–Crippen MR) is 113 cm³/mol. The molecule has 1 aliphatic heterocycles. The summed E-state index contributed by atoms with van der Waals surface area (Å²) >= 11 is 0. The first kappa shape index (κ1) is 23.1. The molecule has 0 aromatic heterocycles. The van der Waals surface area contributed by atoms with Crippen LogP contribution in [0.1, 0.15) is 18.1 Å². The van der Waals surface area contributed by atoms with Gasteiger partial charge in [-0.05, 0) is 24.6 Å². The van der Waals surface area contributed by atoms with Gasteiger partial charge in [-0.3, -0.25) is 4.90 Å². The van der Waals surface area contributed by atoms with Crippen molar-refractivity contribution in [2.75, 3.05) is 53.0 Å². The molecule has 2 rings (SSSR count). The van der Waals surface area contributed by atoms with E-state index in [1.807, 2.05) is 6.92 Å². The van der Waals surface area contributed by atoms with E-state index in [2.05, 4.69) is 20.5 Å². The van der Waals surface area contributed by atoms with Crippen LogP contribution in [0.5, 0.6) is 0 Å². The Morgan fingerprint density at radius 1 is 1.31 bits per heavy atom. The lowest BCUT2D eigenvalue weighted by atomic mass is 10.1. The fourth-order valence-electron chi connectivity index (χ4n) is 2.66. The molecular weight excluding hydrogens is 450 g/mol. The number of guanidine groups is 1. The first-order valence-corrected chi connectivity index (χ1v) is 8.81. The lowest BCUT2D eigenvalue weighted by Crippen LogP contribution is -2.44. The Hall–Kier alpha value is -0.970. The van der Waals surface area contributed by atoms with Gasteiger partial charge >= 0.3 is 0 Å². The highest BCUT2D eigenvalue weighted by atomic mass is 127. The van der Waals surface area contributed by atoms with Gasteiger partial charge in [0, 0.05) is 45.4 Å². The summed E-state index contributed by atoms with van der Waals surface area (Å²) in [5.74, 6) is 0.526. The van der Waals surface area contributed by atoms with Crippen LogP contribution in [-0.4, -0.2) is 63.9 Å². The SMILES string of the molecule is CCNC(=NCc1ccc(F)c(COC)c1)NCCN1CCOCC1.I. The van der Waals surface area contributed by atoms with Gasteiger partial charge in [0.25, 0.3) is 0 Å². The molecular formula is C18H30FIN4O2. The Morgan fingerprint density at radius 2 is 2.08 bits per heavy atom. The van der Waals surface area contributed by atoms with Crippen molar-refractivity contribution in [1.82, 2.24) is 15.5 Å². The minimum absolute atomic E-state index is 0. The monoisotopic (exact) mass is 480 g/mol. The van der Waals surface area contributed by atoms with E-state index < -0.39 is 0 Å². The van der Waals surface area contributed by atoms with E-state index in [1.54, 1.807) is 19.2 Å². The van der Waals surface area contributed by atoms with E-state index >= 15 is 0 Å². The van der Waals surface area contributed by atoms with E-state index in [0.29, 0.717) is 12.1 Å². The standard InChI is InChI=1S/C18H29FN4O2.HI/c1-3-20-18(21-6-7-23-8-10-25-11-9-23)22-13-15-4-5-17(19)16(12-15)14-24-2;/h4-5,12H,3,6-11,13-14H2,1-2H3,(H2,20,21,22);1H. The van der Waals surface area contributed by atoms with Gasteiger partial charge in [-0.15, -0.1) is 24.0 Å². The molecule has 1 heterocycles. The third-order valence-electron chi connectivity index (χ3n) is 4.00. The Bertz CT molecular complexity index is 554. The van der Waals surface area contributed by atoms with Crippen LogP contribution in [0, 0.1) is 5.82 Å². The average molecular weight is 480 g/mol. The van der Waals surface area contributed by atoms with Crippen LogP contribution in [0.4, 0.5) is 4.39 Å². The minimum Gasteiger partial charge on any atom is -0.380 e. The zero-order chi connectivity index (χ0) is 17.9. The van der Waals surface area contributed by atoms with E-state index in [9.17, 15) is 4.39 Å². The summed E-state index contributed by atoms with van der Waals surface area (Å²) in [4.78, 5) is 6.96. The van der Waals surface area contributed by atoms with Gasteiger partial charge < -0.3 is 20.1 Å². The van der Waals surface area contributed by atoms with Crippen LogP contribution < -0.4 is 10.6 Å². The number of nitrogens with zero attached hydrogens (tertiary/aromatic N) is 2. The van der Waals surface area contributed by atoms with Gasteiger partial charge in [-0.25, -0.2) is 9.38 Å². The summed E-state index contributed by atoms with van der Waals surface area (Å²) in [6.45, 7) is 8.94. The number of ether oxygens (including phenoxy) is 2. The molecule has 8 heteroatoms. The maximum atomic E-state index is 13.7. The van der Waals surface area contributed by atoms with Gasteiger partial charge in [0.15, 0.2) is 5.96 Å². The third kappa shape index (κ3) is 8.15. The maximum absolute atomic E-state index is 13.7. The van der Waals surface area contributed by atoms with Gasteiger partial charge in [0.1, 0.15) is 5.82 Å². The average Bonchev–Trinajstić information content (AvgIpc) is 2.63. The minimum atomic E-state index is -0.245. The third-order valence-corrected chi connectivity index (χ3v) is 4.00. The summed E-state index contributed by atoms with van der Waals surface area (Å²) in [5, 5.41) is 6.59. The Balaban J connectivity index is 0.00000338. The molecule has 0 unspecified atom stereocenters. The predicted octanol–water partition coefficient (Wildman–Crippen LogP) is 1.98. The van der Waals surface area contributed by atoms with Crippen molar-refractivity contribution in [2.24, 2.45) is 4.99 Å². The highest BCUT2D eigenvalue weighted by Crippen LogP contribution is 2.12. The Kier molecular flexibility index (Phi) is 11.7. The number of rotatable bonds is 8. The second kappa shape index (κ2) is 13.2. The van der Waals surface area contributed by atoms with E-state index in [1.165, 1.54) is 6.07 Å². The summed E-state index contributed by atoms with van der Waals surface area (Å²) in [7, 11) is 1.56. The molecule has 6 nitrogen and oxygen atoms in total. The quantitative estimate of drug-likeness (QED) is 0.339. The van der Waals surface area contributed by atoms with Crippen molar-refractivity contribution in [3.05, 3.63) is 35.1 Å². The number of benzene rings is 1. The largest absolute Gasteiger partial charge is 0.380 e. The zero-order valence-corrected chi connectivity index (χ0v) is 17.9. The number of aliphatic imine (C=N–C) groups is 1. The van der Waals surface area contributed by atoms with Crippen LogP contribution in [0.2, 0.25) is 0 Å². The van der Waals surface area contributed by atoms with E-state index in [4.69, 9.17) is 9.47 Å². The molecule has 2 N–H and O–H groups in total. The van der Waals surface area contributed by atoms with E-state index in [0.717, 1.165) is 57.5 Å². The molecule has 1 fully saturated rings. The number of hydrogen-bond donors (Lipinski definition) is 2. The lowest BCUT2D eigenvalue weighted by Gasteiger charge is -2.26. The second-order valence-corrected chi connectivity index (χ2v) is 5.93. The van der Waals surface area contributed by atoms with Crippen molar-refractivity contribution < 1.29 is 13.9 Å². The second-order valence-electron chi connectivity index (χ2n) is 5.93. The van der Waals surface area contributed by atoms with Gasteiger partial charge in [0.2, 0.25) is 0 Å². The van der Waals surface area contributed by atoms with E-state index in [-0.39, 0.29) is 36.4 Å². The highest BCUT2D eigenvalue weighted by Gasteiger charge is 2.09. The van der Waals surface area contributed by atoms with Crippen LogP contribution in [0.25, 0.3) is 0 Å². The molecule has 0 spiro atoms.